The Labute approximate surface area is 144 Å². The van der Waals surface area contributed by atoms with Gasteiger partial charge >= 0.3 is 5.97 Å². The third-order valence-corrected chi connectivity index (χ3v) is 3.02. The van der Waals surface area contributed by atoms with Crippen LogP contribution in [0.15, 0.2) is 53.7 Å². The molecule has 2 rings (SSSR count). The molecule has 0 atom stereocenters. The number of rotatable bonds is 6. The molecule has 0 aliphatic rings. The van der Waals surface area contributed by atoms with Crippen molar-refractivity contribution < 1.29 is 19.3 Å². The van der Waals surface area contributed by atoms with E-state index in [4.69, 9.17) is 15.3 Å². The Balaban J connectivity index is 2.11. The number of benzene rings is 2. The summed E-state index contributed by atoms with van der Waals surface area (Å²) in [6.45, 7) is 3.74. The monoisotopic (exact) mass is 343 g/mol. The van der Waals surface area contributed by atoms with E-state index in [-0.39, 0.29) is 28.8 Å². The first kappa shape index (κ1) is 17.9. The van der Waals surface area contributed by atoms with Gasteiger partial charge in [0.15, 0.2) is 5.84 Å². The minimum Gasteiger partial charge on any atom is -0.491 e. The number of nitro groups is 1. The van der Waals surface area contributed by atoms with E-state index in [2.05, 4.69) is 5.16 Å². The van der Waals surface area contributed by atoms with Gasteiger partial charge in [-0.25, -0.2) is 4.79 Å². The molecule has 0 unspecified atom stereocenters. The summed E-state index contributed by atoms with van der Waals surface area (Å²) in [7, 11) is 0. The molecule has 25 heavy (non-hydrogen) atoms. The van der Waals surface area contributed by atoms with Gasteiger partial charge in [0.1, 0.15) is 5.75 Å². The lowest BCUT2D eigenvalue weighted by molar-refractivity contribution is -0.384. The number of oxime groups is 1. The molecule has 0 amide bonds. The smallest absolute Gasteiger partial charge is 0.365 e. The van der Waals surface area contributed by atoms with Crippen LogP contribution in [0.5, 0.6) is 5.75 Å². The molecule has 0 fully saturated rings. The van der Waals surface area contributed by atoms with E-state index < -0.39 is 10.9 Å². The molecular weight excluding hydrogens is 326 g/mol. The van der Waals surface area contributed by atoms with Crippen LogP contribution in [-0.2, 0) is 4.84 Å². The maximum Gasteiger partial charge on any atom is 0.365 e. The molecule has 0 saturated carbocycles. The van der Waals surface area contributed by atoms with Gasteiger partial charge < -0.3 is 15.3 Å². The van der Waals surface area contributed by atoms with E-state index in [0.29, 0.717) is 5.75 Å². The normalized spacial score (nSPS) is 11.2. The largest absolute Gasteiger partial charge is 0.491 e. The predicted octanol–water partition coefficient (Wildman–Crippen LogP) is 2.86. The quantitative estimate of drug-likeness (QED) is 0.283. The lowest BCUT2D eigenvalue weighted by atomic mass is 10.2. The number of amidine groups is 1. The number of carbonyl (C=O) groups is 1. The number of non-ortho nitro benzene ring substituents is 1. The fourth-order valence-electron chi connectivity index (χ4n) is 1.94. The summed E-state index contributed by atoms with van der Waals surface area (Å²) in [5.41, 5.74) is 6.09. The Hall–Kier alpha value is -3.42. The van der Waals surface area contributed by atoms with Crippen LogP contribution >= 0.6 is 0 Å². The number of carbonyl (C=O) groups excluding carboxylic acids is 1. The molecule has 0 bridgehead atoms. The zero-order chi connectivity index (χ0) is 18.4. The van der Waals surface area contributed by atoms with Crippen LogP contribution in [0.3, 0.4) is 0 Å². The lowest BCUT2D eigenvalue weighted by Gasteiger charge is -2.10. The number of ether oxygens (including phenoxy) is 1. The molecule has 0 aromatic heterocycles. The molecule has 2 aromatic carbocycles. The predicted molar refractivity (Wildman–Crippen MR) is 91.4 cm³/mol. The third-order valence-electron chi connectivity index (χ3n) is 3.02. The van der Waals surface area contributed by atoms with Crippen molar-refractivity contribution in [2.24, 2.45) is 10.9 Å². The molecule has 130 valence electrons. The molecule has 0 radical (unpaired) electrons. The highest BCUT2D eigenvalue weighted by Gasteiger charge is 2.11. The number of hydrogen-bond donors (Lipinski definition) is 1. The summed E-state index contributed by atoms with van der Waals surface area (Å²) in [5.74, 6) is -0.339. The fourth-order valence-corrected chi connectivity index (χ4v) is 1.94. The summed E-state index contributed by atoms with van der Waals surface area (Å²) in [5, 5.41) is 14.3. The lowest BCUT2D eigenvalue weighted by Crippen LogP contribution is -2.15. The highest BCUT2D eigenvalue weighted by molar-refractivity contribution is 5.98. The van der Waals surface area contributed by atoms with Crippen molar-refractivity contribution in [3.63, 3.8) is 0 Å². The van der Waals surface area contributed by atoms with Crippen LogP contribution in [0.25, 0.3) is 0 Å². The minimum absolute atomic E-state index is 0.0335. The van der Waals surface area contributed by atoms with E-state index in [1.54, 1.807) is 18.2 Å². The molecule has 2 aromatic rings. The van der Waals surface area contributed by atoms with Crippen molar-refractivity contribution in [3.8, 4) is 5.75 Å². The molecule has 0 aliphatic carbocycles. The molecule has 0 heterocycles. The Morgan fingerprint density at radius 1 is 1.16 bits per heavy atom. The van der Waals surface area contributed by atoms with Gasteiger partial charge in [-0.3, -0.25) is 10.1 Å². The summed E-state index contributed by atoms with van der Waals surface area (Å²) < 4.78 is 5.50. The first-order valence-electron chi connectivity index (χ1n) is 7.43. The zero-order valence-corrected chi connectivity index (χ0v) is 13.7. The van der Waals surface area contributed by atoms with Crippen LogP contribution in [0.2, 0.25) is 0 Å². The minimum atomic E-state index is -0.720. The van der Waals surface area contributed by atoms with E-state index in [1.807, 2.05) is 13.8 Å². The van der Waals surface area contributed by atoms with Crippen molar-refractivity contribution in [2.75, 3.05) is 0 Å². The number of nitro benzene ring substituents is 1. The van der Waals surface area contributed by atoms with Gasteiger partial charge in [-0.15, -0.1) is 0 Å². The molecular formula is C17H17N3O5. The number of nitrogens with zero attached hydrogens (tertiary/aromatic N) is 2. The van der Waals surface area contributed by atoms with Crippen LogP contribution in [0.4, 0.5) is 5.69 Å². The number of hydrogen-bond acceptors (Lipinski definition) is 6. The SMILES string of the molecule is CC(C)Oc1cccc(C(=O)O/N=C(/N)c2cccc([N+](=O)[O-])c2)c1. The fraction of sp³-hybridized carbons (Fsp3) is 0.176. The average Bonchev–Trinajstić information content (AvgIpc) is 2.59. The third kappa shape index (κ3) is 5.03. The summed E-state index contributed by atoms with van der Waals surface area (Å²) in [6.07, 6.45) is -0.0335. The Morgan fingerprint density at radius 3 is 2.52 bits per heavy atom. The van der Waals surface area contributed by atoms with Gasteiger partial charge in [0.25, 0.3) is 5.69 Å². The average molecular weight is 343 g/mol. The molecule has 0 spiro atoms. The molecule has 2 N–H and O–H groups in total. The van der Waals surface area contributed by atoms with Crippen molar-refractivity contribution in [2.45, 2.75) is 20.0 Å². The van der Waals surface area contributed by atoms with Gasteiger partial charge in [-0.2, -0.15) is 0 Å². The van der Waals surface area contributed by atoms with Crippen LogP contribution < -0.4 is 10.5 Å². The van der Waals surface area contributed by atoms with Gasteiger partial charge in [0, 0.05) is 17.7 Å². The van der Waals surface area contributed by atoms with E-state index in [9.17, 15) is 14.9 Å². The van der Waals surface area contributed by atoms with E-state index in [1.165, 1.54) is 30.3 Å². The molecule has 0 saturated heterocycles. The highest BCUT2D eigenvalue weighted by atomic mass is 16.7. The summed E-state index contributed by atoms with van der Waals surface area (Å²) >= 11 is 0. The second-order valence-electron chi connectivity index (χ2n) is 5.36. The molecule has 0 aliphatic heterocycles. The summed E-state index contributed by atoms with van der Waals surface area (Å²) in [6, 6.07) is 12.0. The van der Waals surface area contributed by atoms with Gasteiger partial charge in [0.05, 0.1) is 16.6 Å². The van der Waals surface area contributed by atoms with Gasteiger partial charge in [-0.1, -0.05) is 23.4 Å². The van der Waals surface area contributed by atoms with E-state index >= 15 is 0 Å². The standard InChI is InChI=1S/C17H17N3O5/c1-11(2)24-15-8-4-6-13(10-15)17(21)25-19-16(18)12-5-3-7-14(9-12)20(22)23/h3-11H,1-2H3,(H2,18,19). The Morgan fingerprint density at radius 2 is 1.84 bits per heavy atom. The first-order valence-corrected chi connectivity index (χ1v) is 7.43. The first-order chi connectivity index (χ1) is 11.9. The van der Waals surface area contributed by atoms with Crippen molar-refractivity contribution in [3.05, 3.63) is 69.8 Å². The zero-order valence-electron chi connectivity index (χ0n) is 13.7. The second kappa shape index (κ2) is 7.91. The van der Waals surface area contributed by atoms with Gasteiger partial charge in [-0.05, 0) is 32.0 Å². The molecule has 8 nitrogen and oxygen atoms in total. The van der Waals surface area contributed by atoms with Crippen molar-refractivity contribution in [1.29, 1.82) is 0 Å². The van der Waals surface area contributed by atoms with Crippen molar-refractivity contribution >= 4 is 17.5 Å². The van der Waals surface area contributed by atoms with Crippen LogP contribution in [-0.4, -0.2) is 22.8 Å². The Bertz CT molecular complexity index is 817. The second-order valence-corrected chi connectivity index (χ2v) is 5.36. The van der Waals surface area contributed by atoms with E-state index in [0.717, 1.165) is 0 Å². The topological polar surface area (TPSA) is 117 Å². The van der Waals surface area contributed by atoms with Crippen LogP contribution in [0, 0.1) is 10.1 Å². The number of nitrogens with two attached hydrogens (primary N) is 1. The maximum atomic E-state index is 12.0. The Kier molecular flexibility index (Phi) is 5.67. The molecule has 8 heteroatoms. The van der Waals surface area contributed by atoms with Crippen LogP contribution in [0.1, 0.15) is 29.8 Å². The highest BCUT2D eigenvalue weighted by Crippen LogP contribution is 2.16. The maximum absolute atomic E-state index is 12.0. The van der Waals surface area contributed by atoms with Gasteiger partial charge in [0.2, 0.25) is 0 Å². The summed E-state index contributed by atoms with van der Waals surface area (Å²) in [4.78, 5) is 27.1. The van der Waals surface area contributed by atoms with Crippen molar-refractivity contribution in [1.82, 2.24) is 0 Å².